The molecule has 122 valence electrons. The summed E-state index contributed by atoms with van der Waals surface area (Å²) in [5.41, 5.74) is 0. The van der Waals surface area contributed by atoms with E-state index >= 15 is 0 Å². The van der Waals surface area contributed by atoms with Crippen molar-refractivity contribution in [1.82, 2.24) is 10.2 Å². The number of carboxylic acids is 1. The molecule has 0 aliphatic carbocycles. The summed E-state index contributed by atoms with van der Waals surface area (Å²) in [7, 11) is -0.937. The van der Waals surface area contributed by atoms with Crippen molar-refractivity contribution in [1.29, 1.82) is 0 Å². The van der Waals surface area contributed by atoms with Gasteiger partial charge in [0.25, 0.3) is 0 Å². The summed E-state index contributed by atoms with van der Waals surface area (Å²) in [4.78, 5) is 24.7. The Hall–Kier alpha value is -1.11. The fourth-order valence-electron chi connectivity index (χ4n) is 2.80. The van der Waals surface area contributed by atoms with Crippen LogP contribution in [0.1, 0.15) is 33.1 Å². The van der Waals surface area contributed by atoms with Gasteiger partial charge in [0.1, 0.15) is 0 Å². The number of urea groups is 1. The van der Waals surface area contributed by atoms with Crippen molar-refractivity contribution in [3.8, 4) is 0 Å². The van der Waals surface area contributed by atoms with Crippen molar-refractivity contribution in [2.45, 2.75) is 39.2 Å². The van der Waals surface area contributed by atoms with E-state index in [0.717, 1.165) is 12.8 Å². The Morgan fingerprint density at radius 2 is 2.10 bits per heavy atom. The van der Waals surface area contributed by atoms with E-state index in [0.29, 0.717) is 18.8 Å². The van der Waals surface area contributed by atoms with Crippen molar-refractivity contribution >= 4 is 22.8 Å². The van der Waals surface area contributed by atoms with Gasteiger partial charge in [-0.1, -0.05) is 6.92 Å². The summed E-state index contributed by atoms with van der Waals surface area (Å²) in [6.45, 7) is 5.07. The number of carbonyl (C=O) groups is 2. The quantitative estimate of drug-likeness (QED) is 0.772. The monoisotopic (exact) mass is 318 g/mol. The van der Waals surface area contributed by atoms with Gasteiger partial charge in [0, 0.05) is 48.4 Å². The molecule has 0 aromatic carbocycles. The van der Waals surface area contributed by atoms with Crippen molar-refractivity contribution in [3.05, 3.63) is 0 Å². The Kier molecular flexibility index (Phi) is 7.14. The predicted octanol–water partition coefficient (Wildman–Crippen LogP) is 1.29. The van der Waals surface area contributed by atoms with Crippen LogP contribution in [0.25, 0.3) is 0 Å². The first kappa shape index (κ1) is 17.9. The van der Waals surface area contributed by atoms with Gasteiger partial charge < -0.3 is 15.3 Å². The minimum atomic E-state index is -0.937. The van der Waals surface area contributed by atoms with Crippen LogP contribution in [-0.2, 0) is 15.6 Å². The standard InChI is InChI=1S/C14H26N2O4S/c1-10(7-13(17)18)12-5-4-6-16(8-12)14(19)15-11(2)9-21(3)20/h10-12H,4-9H2,1-3H3,(H,15,19)(H,17,18). The van der Waals surface area contributed by atoms with E-state index < -0.39 is 16.8 Å². The molecule has 2 N–H and O–H groups in total. The Bertz CT molecular complexity index is 402. The molecule has 0 spiro atoms. The average Bonchev–Trinajstić information content (AvgIpc) is 2.36. The lowest BCUT2D eigenvalue weighted by Crippen LogP contribution is -2.49. The fraction of sp³-hybridized carbons (Fsp3) is 0.857. The second kappa shape index (κ2) is 8.36. The lowest BCUT2D eigenvalue weighted by atomic mass is 9.85. The van der Waals surface area contributed by atoms with Crippen LogP contribution in [0.2, 0.25) is 0 Å². The van der Waals surface area contributed by atoms with Gasteiger partial charge in [-0.2, -0.15) is 0 Å². The normalized spacial score (nSPS) is 23.2. The van der Waals surface area contributed by atoms with Crippen LogP contribution in [0.5, 0.6) is 0 Å². The van der Waals surface area contributed by atoms with Crippen LogP contribution < -0.4 is 5.32 Å². The van der Waals surface area contributed by atoms with E-state index in [-0.39, 0.29) is 30.3 Å². The second-order valence-corrected chi connectivity index (χ2v) is 7.49. The molecule has 1 fully saturated rings. The lowest BCUT2D eigenvalue weighted by molar-refractivity contribution is -0.138. The Morgan fingerprint density at radius 3 is 2.67 bits per heavy atom. The molecule has 4 unspecified atom stereocenters. The smallest absolute Gasteiger partial charge is 0.317 e. The molecule has 0 aromatic rings. The largest absolute Gasteiger partial charge is 0.481 e. The molecule has 0 radical (unpaired) electrons. The fourth-order valence-corrected chi connectivity index (χ4v) is 3.58. The molecule has 1 aliphatic rings. The predicted molar refractivity (Wildman–Crippen MR) is 82.6 cm³/mol. The van der Waals surface area contributed by atoms with E-state index in [2.05, 4.69) is 5.32 Å². The molecule has 1 saturated heterocycles. The third-order valence-electron chi connectivity index (χ3n) is 3.90. The van der Waals surface area contributed by atoms with Gasteiger partial charge in [0.2, 0.25) is 0 Å². The molecule has 0 aromatic heterocycles. The average molecular weight is 318 g/mol. The van der Waals surface area contributed by atoms with Crippen LogP contribution in [0.15, 0.2) is 0 Å². The number of likely N-dealkylation sites (tertiary alicyclic amines) is 1. The first-order valence-corrected chi connectivity index (χ1v) is 9.09. The third kappa shape index (κ3) is 6.46. The lowest BCUT2D eigenvalue weighted by Gasteiger charge is -2.36. The number of hydrogen-bond acceptors (Lipinski definition) is 3. The van der Waals surface area contributed by atoms with Crippen molar-refractivity contribution in [2.75, 3.05) is 25.1 Å². The molecule has 1 rings (SSSR count). The van der Waals surface area contributed by atoms with E-state index in [9.17, 15) is 13.8 Å². The van der Waals surface area contributed by atoms with Crippen LogP contribution >= 0.6 is 0 Å². The minimum Gasteiger partial charge on any atom is -0.481 e. The van der Waals surface area contributed by atoms with E-state index in [1.165, 1.54) is 0 Å². The summed E-state index contributed by atoms with van der Waals surface area (Å²) in [5.74, 6) is -0.0451. The minimum absolute atomic E-state index is 0.0682. The maximum Gasteiger partial charge on any atom is 0.317 e. The number of aliphatic carboxylic acids is 1. The van der Waals surface area contributed by atoms with Crippen molar-refractivity contribution in [2.24, 2.45) is 11.8 Å². The SMILES string of the molecule is CC(CS(C)=O)NC(=O)N1CCCC(C(C)CC(=O)O)C1. The first-order chi connectivity index (χ1) is 9.79. The molecule has 7 heteroatoms. The molecule has 1 heterocycles. The summed E-state index contributed by atoms with van der Waals surface area (Å²) in [6, 6.07) is -0.264. The molecule has 0 saturated carbocycles. The van der Waals surface area contributed by atoms with Gasteiger partial charge in [-0.25, -0.2) is 4.79 Å². The number of piperidine rings is 1. The van der Waals surface area contributed by atoms with Gasteiger partial charge in [0.15, 0.2) is 0 Å². The number of nitrogens with one attached hydrogen (secondary N) is 1. The second-order valence-electron chi connectivity index (χ2n) is 6.01. The zero-order valence-electron chi connectivity index (χ0n) is 13.0. The number of amides is 2. The number of rotatable bonds is 6. The highest BCUT2D eigenvalue weighted by atomic mass is 32.2. The summed E-state index contributed by atoms with van der Waals surface area (Å²) in [5, 5.41) is 11.7. The van der Waals surface area contributed by atoms with Crippen LogP contribution in [0, 0.1) is 11.8 Å². The van der Waals surface area contributed by atoms with E-state index in [1.54, 1.807) is 11.2 Å². The Morgan fingerprint density at radius 1 is 1.43 bits per heavy atom. The molecule has 1 aliphatic heterocycles. The summed E-state index contributed by atoms with van der Waals surface area (Å²) >= 11 is 0. The molecule has 2 amide bonds. The van der Waals surface area contributed by atoms with Gasteiger partial charge in [-0.05, 0) is 31.6 Å². The number of hydrogen-bond donors (Lipinski definition) is 2. The van der Waals surface area contributed by atoms with Gasteiger partial charge in [0.05, 0.1) is 0 Å². The highest BCUT2D eigenvalue weighted by Gasteiger charge is 2.28. The molecule has 0 bridgehead atoms. The Balaban J connectivity index is 2.49. The third-order valence-corrected chi connectivity index (χ3v) is 4.87. The van der Waals surface area contributed by atoms with E-state index in [1.807, 2.05) is 13.8 Å². The zero-order valence-corrected chi connectivity index (χ0v) is 13.8. The number of carboxylic acid groups (broad SMARTS) is 1. The first-order valence-electron chi connectivity index (χ1n) is 7.36. The van der Waals surface area contributed by atoms with Gasteiger partial charge in [-0.3, -0.25) is 9.00 Å². The van der Waals surface area contributed by atoms with Crippen LogP contribution in [-0.4, -0.2) is 57.4 Å². The molecule has 6 nitrogen and oxygen atoms in total. The topological polar surface area (TPSA) is 86.7 Å². The molecule has 4 atom stereocenters. The Labute approximate surface area is 128 Å². The highest BCUT2D eigenvalue weighted by molar-refractivity contribution is 7.84. The molecular formula is C14H26N2O4S. The molecule has 21 heavy (non-hydrogen) atoms. The van der Waals surface area contributed by atoms with E-state index in [4.69, 9.17) is 5.11 Å². The van der Waals surface area contributed by atoms with Gasteiger partial charge >= 0.3 is 12.0 Å². The van der Waals surface area contributed by atoms with Crippen molar-refractivity contribution in [3.63, 3.8) is 0 Å². The maximum atomic E-state index is 12.2. The summed E-state index contributed by atoms with van der Waals surface area (Å²) in [6.07, 6.45) is 3.63. The van der Waals surface area contributed by atoms with Crippen molar-refractivity contribution < 1.29 is 18.9 Å². The number of carbonyl (C=O) groups excluding carboxylic acids is 1. The molecular weight excluding hydrogens is 292 g/mol. The van der Waals surface area contributed by atoms with Gasteiger partial charge in [-0.15, -0.1) is 0 Å². The highest BCUT2D eigenvalue weighted by Crippen LogP contribution is 2.26. The number of nitrogens with zero attached hydrogens (tertiary/aromatic N) is 1. The zero-order chi connectivity index (χ0) is 16.0. The van der Waals surface area contributed by atoms with Crippen LogP contribution in [0.4, 0.5) is 4.79 Å². The maximum absolute atomic E-state index is 12.2. The van der Waals surface area contributed by atoms with Crippen LogP contribution in [0.3, 0.4) is 0 Å². The summed E-state index contributed by atoms with van der Waals surface area (Å²) < 4.78 is 11.1.